The Balaban J connectivity index is 1.88. The molecule has 2 aromatic carbocycles. The minimum absolute atomic E-state index is 0.261. The summed E-state index contributed by atoms with van der Waals surface area (Å²) in [6, 6.07) is 12.8. The van der Waals surface area contributed by atoms with Crippen LogP contribution in [0.25, 0.3) is 10.2 Å². The number of fused-ring (bicyclic) bond motifs is 1. The number of aromatic nitrogens is 1. The Morgan fingerprint density at radius 1 is 1.22 bits per heavy atom. The summed E-state index contributed by atoms with van der Waals surface area (Å²) in [5.41, 5.74) is 1.79. The van der Waals surface area contributed by atoms with Gasteiger partial charge in [0.2, 0.25) is 10.0 Å². The van der Waals surface area contributed by atoms with Crippen molar-refractivity contribution in [3.63, 3.8) is 0 Å². The van der Waals surface area contributed by atoms with E-state index in [-0.39, 0.29) is 6.54 Å². The predicted molar refractivity (Wildman–Crippen MR) is 97.2 cm³/mol. The van der Waals surface area contributed by atoms with Crippen molar-refractivity contribution in [2.45, 2.75) is 18.4 Å². The lowest BCUT2D eigenvalue weighted by Crippen LogP contribution is -2.26. The Morgan fingerprint density at radius 3 is 2.65 bits per heavy atom. The number of hydrogen-bond donors (Lipinski definition) is 0. The summed E-state index contributed by atoms with van der Waals surface area (Å²) in [4.78, 5) is 4.79. The normalized spacial score (nSPS) is 12.2. The van der Waals surface area contributed by atoms with Crippen LogP contribution in [-0.4, -0.2) is 24.8 Å². The highest BCUT2D eigenvalue weighted by Crippen LogP contribution is 2.26. The number of halogens is 1. The number of thiazole rings is 1. The van der Waals surface area contributed by atoms with Crippen LogP contribution in [0.5, 0.6) is 0 Å². The molecule has 0 fully saturated rings. The molecule has 1 aromatic heterocycles. The Kier molecular flexibility index (Phi) is 4.55. The van der Waals surface area contributed by atoms with Crippen molar-refractivity contribution in [3.05, 3.63) is 57.5 Å². The molecule has 0 N–H and O–H groups in total. The van der Waals surface area contributed by atoms with Crippen molar-refractivity contribution in [3.8, 4) is 0 Å². The number of hydrogen-bond acceptors (Lipinski definition) is 4. The van der Waals surface area contributed by atoms with Crippen molar-refractivity contribution >= 4 is 47.5 Å². The van der Waals surface area contributed by atoms with Gasteiger partial charge in [-0.05, 0) is 42.8 Å². The molecule has 0 saturated heterocycles. The van der Waals surface area contributed by atoms with Crippen molar-refractivity contribution in [1.29, 1.82) is 0 Å². The van der Waals surface area contributed by atoms with Crippen molar-refractivity contribution in [1.82, 2.24) is 9.29 Å². The lowest BCUT2D eigenvalue weighted by molar-refractivity contribution is 0.466. The van der Waals surface area contributed by atoms with Gasteiger partial charge >= 0.3 is 0 Å². The second-order valence-electron chi connectivity index (χ2n) is 5.25. The zero-order chi connectivity index (χ0) is 16.6. The highest BCUT2D eigenvalue weighted by atomic mass is 79.9. The topological polar surface area (TPSA) is 50.3 Å². The van der Waals surface area contributed by atoms with E-state index in [4.69, 9.17) is 0 Å². The van der Waals surface area contributed by atoms with Crippen molar-refractivity contribution in [2.75, 3.05) is 7.05 Å². The molecule has 1 heterocycles. The SMILES string of the molecule is Cc1cc(S(=O)(=O)N(C)Cc2nc3ccccc3s2)ccc1Br. The smallest absolute Gasteiger partial charge is 0.240 e. The highest BCUT2D eigenvalue weighted by Gasteiger charge is 2.22. The molecule has 0 saturated carbocycles. The standard InChI is InChI=1S/C16H15BrN2O2S2/c1-11-9-12(7-8-13(11)17)23(20,21)19(2)10-16-18-14-5-3-4-6-15(14)22-16/h3-9H,10H2,1-2H3. The van der Waals surface area contributed by atoms with E-state index in [0.29, 0.717) is 4.90 Å². The van der Waals surface area contributed by atoms with E-state index in [1.165, 1.54) is 15.6 Å². The maximum Gasteiger partial charge on any atom is 0.243 e. The van der Waals surface area contributed by atoms with Crippen LogP contribution in [0.4, 0.5) is 0 Å². The molecular formula is C16H15BrN2O2S2. The second-order valence-corrected chi connectivity index (χ2v) is 9.26. The monoisotopic (exact) mass is 410 g/mol. The second kappa shape index (κ2) is 6.32. The van der Waals surface area contributed by atoms with E-state index >= 15 is 0 Å². The zero-order valence-corrected chi connectivity index (χ0v) is 15.9. The van der Waals surface area contributed by atoms with E-state index in [1.54, 1.807) is 25.2 Å². The summed E-state index contributed by atoms with van der Waals surface area (Å²) in [5.74, 6) is 0. The fraction of sp³-hybridized carbons (Fsp3) is 0.188. The van der Waals surface area contributed by atoms with Crippen LogP contribution < -0.4 is 0 Å². The molecule has 4 nitrogen and oxygen atoms in total. The number of rotatable bonds is 4. The summed E-state index contributed by atoms with van der Waals surface area (Å²) in [6.07, 6.45) is 0. The first-order valence-electron chi connectivity index (χ1n) is 6.95. The summed E-state index contributed by atoms with van der Waals surface area (Å²) in [7, 11) is -1.95. The first-order valence-corrected chi connectivity index (χ1v) is 10.00. The molecule has 0 spiro atoms. The molecule has 0 unspecified atom stereocenters. The van der Waals surface area contributed by atoms with Gasteiger partial charge in [0, 0.05) is 11.5 Å². The first-order chi connectivity index (χ1) is 10.9. The van der Waals surface area contributed by atoms with Crippen LogP contribution >= 0.6 is 27.3 Å². The molecule has 0 bridgehead atoms. The van der Waals surface area contributed by atoms with E-state index in [2.05, 4.69) is 20.9 Å². The molecule has 0 amide bonds. The number of sulfonamides is 1. The molecule has 3 rings (SSSR count). The van der Waals surface area contributed by atoms with E-state index in [9.17, 15) is 8.42 Å². The Bertz CT molecular complexity index is 934. The van der Waals surface area contributed by atoms with Gasteiger partial charge in [-0.2, -0.15) is 4.31 Å². The third-order valence-electron chi connectivity index (χ3n) is 3.53. The Hall–Kier alpha value is -1.28. The van der Waals surface area contributed by atoms with Crippen LogP contribution in [0.3, 0.4) is 0 Å². The van der Waals surface area contributed by atoms with E-state index in [0.717, 1.165) is 25.3 Å². The maximum atomic E-state index is 12.7. The van der Waals surface area contributed by atoms with Gasteiger partial charge in [-0.3, -0.25) is 0 Å². The highest BCUT2D eigenvalue weighted by molar-refractivity contribution is 9.10. The predicted octanol–water partition coefficient (Wildman–Crippen LogP) is 4.19. The van der Waals surface area contributed by atoms with Crippen molar-refractivity contribution < 1.29 is 8.42 Å². The number of para-hydroxylation sites is 1. The summed E-state index contributed by atoms with van der Waals surface area (Å²) in [5, 5.41) is 0.783. The molecule has 0 aliphatic carbocycles. The number of aryl methyl sites for hydroxylation is 1. The van der Waals surface area contributed by atoms with Gasteiger partial charge in [0.15, 0.2) is 0 Å². The lowest BCUT2D eigenvalue weighted by atomic mass is 10.2. The van der Waals surface area contributed by atoms with Gasteiger partial charge in [0.25, 0.3) is 0 Å². The van der Waals surface area contributed by atoms with Crippen LogP contribution in [0, 0.1) is 6.92 Å². The Morgan fingerprint density at radius 2 is 1.96 bits per heavy atom. The quantitative estimate of drug-likeness (QED) is 0.647. The molecular weight excluding hydrogens is 396 g/mol. The fourth-order valence-electron chi connectivity index (χ4n) is 2.22. The van der Waals surface area contributed by atoms with Crippen LogP contribution in [-0.2, 0) is 16.6 Å². The van der Waals surface area contributed by atoms with Gasteiger partial charge in [-0.25, -0.2) is 13.4 Å². The number of nitrogens with zero attached hydrogens (tertiary/aromatic N) is 2. The summed E-state index contributed by atoms with van der Waals surface area (Å²) in [6.45, 7) is 2.13. The number of benzene rings is 2. The zero-order valence-electron chi connectivity index (χ0n) is 12.7. The molecule has 0 radical (unpaired) electrons. The molecule has 23 heavy (non-hydrogen) atoms. The van der Waals surface area contributed by atoms with E-state index in [1.807, 2.05) is 31.2 Å². The fourth-order valence-corrected chi connectivity index (χ4v) is 4.79. The van der Waals surface area contributed by atoms with Crippen molar-refractivity contribution in [2.24, 2.45) is 0 Å². The average Bonchev–Trinajstić information content (AvgIpc) is 2.92. The van der Waals surface area contributed by atoms with Crippen LogP contribution in [0.15, 0.2) is 51.8 Å². The van der Waals surface area contributed by atoms with Crippen LogP contribution in [0.2, 0.25) is 0 Å². The molecule has 0 aliphatic rings. The molecule has 3 aromatic rings. The first kappa shape index (κ1) is 16.6. The summed E-state index contributed by atoms with van der Waals surface area (Å²) >= 11 is 4.91. The lowest BCUT2D eigenvalue weighted by Gasteiger charge is -2.16. The Labute approximate surface area is 148 Å². The average molecular weight is 411 g/mol. The van der Waals surface area contributed by atoms with E-state index < -0.39 is 10.0 Å². The molecule has 120 valence electrons. The minimum atomic E-state index is -3.53. The molecule has 0 aliphatic heterocycles. The van der Waals surface area contributed by atoms with Crippen LogP contribution in [0.1, 0.15) is 10.6 Å². The van der Waals surface area contributed by atoms with Gasteiger partial charge in [0.05, 0.1) is 21.7 Å². The minimum Gasteiger partial charge on any atom is -0.240 e. The van der Waals surface area contributed by atoms with Gasteiger partial charge in [0.1, 0.15) is 5.01 Å². The molecule has 7 heteroatoms. The molecule has 0 atom stereocenters. The van der Waals surface area contributed by atoms with Gasteiger partial charge < -0.3 is 0 Å². The summed E-state index contributed by atoms with van der Waals surface area (Å²) < 4.78 is 28.7. The maximum absolute atomic E-state index is 12.7. The third kappa shape index (κ3) is 3.33. The third-order valence-corrected chi connectivity index (χ3v) is 7.24. The van der Waals surface area contributed by atoms with Gasteiger partial charge in [-0.15, -0.1) is 11.3 Å². The largest absolute Gasteiger partial charge is 0.243 e. The van der Waals surface area contributed by atoms with Gasteiger partial charge in [-0.1, -0.05) is 28.1 Å².